The minimum atomic E-state index is -4.35. The zero-order chi connectivity index (χ0) is 22.2. The summed E-state index contributed by atoms with van der Waals surface area (Å²) in [5.74, 6) is -0.371. The van der Waals surface area contributed by atoms with Crippen LogP contribution in [0.5, 0.6) is 5.88 Å². The standard InChI is InChI=1S/C20H15F4N5O2/c1-31-19-14(9-13(21)10-25-19)15-11-26-29-6-3-16(27-18(15)29)12-2-5-28(17(30)8-12)7-4-20(22,23)24/h2-3,5-6,8-11H,4,7H2,1H3. The maximum atomic E-state index is 13.8. The number of halogens is 4. The Bertz CT molecular complexity index is 1310. The number of pyridine rings is 2. The zero-order valence-electron chi connectivity index (χ0n) is 16.1. The average Bonchev–Trinajstić information content (AvgIpc) is 3.15. The van der Waals surface area contributed by atoms with E-state index in [1.165, 1.54) is 42.2 Å². The Morgan fingerprint density at radius 1 is 1.10 bits per heavy atom. The van der Waals surface area contributed by atoms with Gasteiger partial charge < -0.3 is 9.30 Å². The van der Waals surface area contributed by atoms with E-state index in [-0.39, 0.29) is 5.88 Å². The summed E-state index contributed by atoms with van der Waals surface area (Å²) in [5.41, 5.74) is 1.43. The summed E-state index contributed by atoms with van der Waals surface area (Å²) in [6.45, 7) is -0.464. The van der Waals surface area contributed by atoms with Crippen molar-refractivity contribution in [3.8, 4) is 28.3 Å². The van der Waals surface area contributed by atoms with E-state index in [9.17, 15) is 22.4 Å². The van der Waals surface area contributed by atoms with Crippen LogP contribution < -0.4 is 10.3 Å². The highest BCUT2D eigenvalue weighted by Crippen LogP contribution is 2.31. The summed E-state index contributed by atoms with van der Waals surface area (Å²) < 4.78 is 58.7. The Balaban J connectivity index is 1.74. The fourth-order valence-corrected chi connectivity index (χ4v) is 3.10. The summed E-state index contributed by atoms with van der Waals surface area (Å²) in [6, 6.07) is 5.59. The molecule has 4 aromatic heterocycles. The van der Waals surface area contributed by atoms with E-state index in [1.807, 2.05) is 0 Å². The molecule has 0 radical (unpaired) electrons. The topological polar surface area (TPSA) is 74.3 Å². The molecule has 4 aromatic rings. The van der Waals surface area contributed by atoms with Gasteiger partial charge in [0.1, 0.15) is 5.82 Å². The third-order valence-corrected chi connectivity index (χ3v) is 4.60. The van der Waals surface area contributed by atoms with Crippen LogP contribution >= 0.6 is 0 Å². The van der Waals surface area contributed by atoms with Gasteiger partial charge in [-0.2, -0.15) is 18.3 Å². The first kappa shape index (κ1) is 20.5. The smallest absolute Gasteiger partial charge is 0.390 e. The van der Waals surface area contributed by atoms with Gasteiger partial charge in [0.15, 0.2) is 5.65 Å². The lowest BCUT2D eigenvalue weighted by atomic mass is 10.1. The number of aryl methyl sites for hydroxylation is 1. The molecule has 0 N–H and O–H groups in total. The van der Waals surface area contributed by atoms with E-state index in [4.69, 9.17) is 4.74 Å². The molecule has 0 aliphatic rings. The quantitative estimate of drug-likeness (QED) is 0.449. The van der Waals surface area contributed by atoms with Crippen molar-refractivity contribution >= 4 is 5.65 Å². The van der Waals surface area contributed by atoms with Gasteiger partial charge in [-0.3, -0.25) is 4.79 Å². The zero-order valence-corrected chi connectivity index (χ0v) is 16.1. The first-order chi connectivity index (χ1) is 14.7. The summed E-state index contributed by atoms with van der Waals surface area (Å²) >= 11 is 0. The number of aromatic nitrogens is 5. The number of fused-ring (bicyclic) bond motifs is 1. The molecule has 0 spiro atoms. The Hall–Kier alpha value is -3.76. The van der Waals surface area contributed by atoms with Gasteiger partial charge in [0.25, 0.3) is 5.56 Å². The summed E-state index contributed by atoms with van der Waals surface area (Å²) in [6.07, 6.45) is -0.0301. The lowest BCUT2D eigenvalue weighted by Gasteiger charge is -2.09. The minimum Gasteiger partial charge on any atom is -0.481 e. The van der Waals surface area contributed by atoms with Crippen molar-refractivity contribution in [1.82, 2.24) is 24.1 Å². The van der Waals surface area contributed by atoms with Gasteiger partial charge in [0, 0.05) is 30.6 Å². The van der Waals surface area contributed by atoms with Crippen LogP contribution in [0.25, 0.3) is 28.0 Å². The molecule has 31 heavy (non-hydrogen) atoms. The van der Waals surface area contributed by atoms with Crippen molar-refractivity contribution in [2.75, 3.05) is 7.11 Å². The molecular formula is C20H15F4N5O2. The highest BCUT2D eigenvalue weighted by atomic mass is 19.4. The van der Waals surface area contributed by atoms with Gasteiger partial charge in [0.05, 0.1) is 42.7 Å². The lowest BCUT2D eigenvalue weighted by molar-refractivity contribution is -0.136. The summed E-state index contributed by atoms with van der Waals surface area (Å²) in [7, 11) is 1.40. The highest BCUT2D eigenvalue weighted by Gasteiger charge is 2.26. The van der Waals surface area contributed by atoms with Gasteiger partial charge in [-0.05, 0) is 18.2 Å². The minimum absolute atomic E-state index is 0.191. The van der Waals surface area contributed by atoms with Crippen LogP contribution in [0, 0.1) is 5.82 Å². The molecule has 0 bridgehead atoms. The van der Waals surface area contributed by atoms with Crippen molar-refractivity contribution in [2.45, 2.75) is 19.1 Å². The summed E-state index contributed by atoms with van der Waals surface area (Å²) in [5, 5.41) is 4.19. The van der Waals surface area contributed by atoms with E-state index in [0.29, 0.717) is 28.0 Å². The second-order valence-electron chi connectivity index (χ2n) is 6.66. The monoisotopic (exact) mass is 433 g/mol. The van der Waals surface area contributed by atoms with E-state index >= 15 is 0 Å². The Morgan fingerprint density at radius 2 is 1.90 bits per heavy atom. The van der Waals surface area contributed by atoms with Crippen LogP contribution in [0.3, 0.4) is 0 Å². The van der Waals surface area contributed by atoms with Crippen molar-refractivity contribution in [3.05, 3.63) is 65.2 Å². The Labute approximate surface area is 172 Å². The molecule has 0 unspecified atom stereocenters. The van der Waals surface area contributed by atoms with Crippen LogP contribution in [0.1, 0.15) is 6.42 Å². The predicted molar refractivity (Wildman–Crippen MR) is 103 cm³/mol. The first-order valence-corrected chi connectivity index (χ1v) is 9.07. The molecule has 4 heterocycles. The molecule has 0 fully saturated rings. The molecular weight excluding hydrogens is 418 g/mol. The first-order valence-electron chi connectivity index (χ1n) is 9.07. The van der Waals surface area contributed by atoms with Gasteiger partial charge in [-0.25, -0.2) is 18.9 Å². The number of methoxy groups -OCH3 is 1. The fourth-order valence-electron chi connectivity index (χ4n) is 3.10. The van der Waals surface area contributed by atoms with Crippen molar-refractivity contribution in [1.29, 1.82) is 0 Å². The molecule has 4 rings (SSSR count). The molecule has 0 aromatic carbocycles. The second-order valence-corrected chi connectivity index (χ2v) is 6.66. The van der Waals surface area contributed by atoms with Gasteiger partial charge in [-0.15, -0.1) is 0 Å². The molecule has 11 heteroatoms. The van der Waals surface area contributed by atoms with Crippen LogP contribution in [0.2, 0.25) is 0 Å². The Kier molecular flexibility index (Phi) is 5.17. The maximum Gasteiger partial charge on any atom is 0.390 e. The lowest BCUT2D eigenvalue weighted by Crippen LogP contribution is -2.22. The largest absolute Gasteiger partial charge is 0.481 e. The molecule has 0 amide bonds. The molecule has 0 atom stereocenters. The molecule has 0 saturated heterocycles. The van der Waals surface area contributed by atoms with Crippen molar-refractivity contribution in [3.63, 3.8) is 0 Å². The van der Waals surface area contributed by atoms with Gasteiger partial charge in [0.2, 0.25) is 5.88 Å². The molecule has 0 aliphatic carbocycles. The third kappa shape index (κ3) is 4.25. The normalized spacial score (nSPS) is 11.8. The molecule has 0 aliphatic heterocycles. The number of hydrogen-bond donors (Lipinski definition) is 0. The number of nitrogens with zero attached hydrogens (tertiary/aromatic N) is 5. The van der Waals surface area contributed by atoms with Crippen molar-refractivity contribution in [2.24, 2.45) is 0 Å². The number of rotatable bonds is 5. The number of alkyl halides is 3. The Morgan fingerprint density at radius 3 is 2.61 bits per heavy atom. The third-order valence-electron chi connectivity index (χ3n) is 4.60. The van der Waals surface area contributed by atoms with Crippen LogP contribution in [0.4, 0.5) is 17.6 Å². The van der Waals surface area contributed by atoms with E-state index in [1.54, 1.807) is 12.3 Å². The van der Waals surface area contributed by atoms with Gasteiger partial charge >= 0.3 is 6.18 Å². The average molecular weight is 433 g/mol. The fraction of sp³-hybridized carbons (Fsp3) is 0.200. The van der Waals surface area contributed by atoms with Crippen LogP contribution in [-0.4, -0.2) is 37.4 Å². The van der Waals surface area contributed by atoms with E-state index in [2.05, 4.69) is 15.1 Å². The second kappa shape index (κ2) is 7.82. The molecule has 7 nitrogen and oxygen atoms in total. The molecule has 0 saturated carbocycles. The van der Waals surface area contributed by atoms with Crippen LogP contribution in [-0.2, 0) is 6.54 Å². The van der Waals surface area contributed by atoms with E-state index < -0.39 is 30.5 Å². The maximum absolute atomic E-state index is 13.8. The predicted octanol–water partition coefficient (Wildman–Crippen LogP) is 3.72. The van der Waals surface area contributed by atoms with Gasteiger partial charge in [-0.1, -0.05) is 0 Å². The van der Waals surface area contributed by atoms with Crippen LogP contribution in [0.15, 0.2) is 53.8 Å². The van der Waals surface area contributed by atoms with E-state index in [0.717, 1.165) is 10.8 Å². The SMILES string of the molecule is COc1ncc(F)cc1-c1cnn2ccc(-c3ccn(CCC(F)(F)F)c(=O)c3)nc12. The number of ether oxygens (including phenoxy) is 1. The number of hydrogen-bond acceptors (Lipinski definition) is 5. The summed E-state index contributed by atoms with van der Waals surface area (Å²) in [4.78, 5) is 20.7. The highest BCUT2D eigenvalue weighted by molar-refractivity contribution is 5.81. The molecule has 160 valence electrons. The van der Waals surface area contributed by atoms with Crippen molar-refractivity contribution < 1.29 is 22.3 Å².